The van der Waals surface area contributed by atoms with Gasteiger partial charge in [0, 0.05) is 45.4 Å². The van der Waals surface area contributed by atoms with Gasteiger partial charge in [-0.2, -0.15) is 0 Å². The lowest BCUT2D eigenvalue weighted by Gasteiger charge is -2.67. The second-order valence-corrected chi connectivity index (χ2v) is 31.4. The molecule has 0 amide bonds. The van der Waals surface area contributed by atoms with Crippen LogP contribution in [0.1, 0.15) is 99.6 Å². The SMILES string of the molecule is Cc1ccc2c(c1)c1c(n2C[Si](C)(C)C)C2=CC=CCC2C12CCC(C(Cl)Cl)C1(c3ccccc3C3C=CC=CC31)[Si]2(C)CCCCCCOC(C)(C)C. The van der Waals surface area contributed by atoms with Crippen molar-refractivity contribution in [3.8, 4) is 0 Å². The lowest BCUT2D eigenvalue weighted by atomic mass is 9.71. The number of unbranched alkanes of at least 4 members (excludes halogenated alkanes) is 3. The number of allylic oxidation sites excluding steroid dienone is 8. The number of hydrogen-bond donors (Lipinski definition) is 0. The molecule has 7 unspecified atom stereocenters. The van der Waals surface area contributed by atoms with E-state index in [-0.39, 0.29) is 21.6 Å². The van der Waals surface area contributed by atoms with Crippen molar-refractivity contribution in [1.29, 1.82) is 0 Å². The molecule has 2 aromatic carbocycles. The largest absolute Gasteiger partial charge is 0.376 e. The Balaban J connectivity index is 1.40. The predicted octanol–water partition coefficient (Wildman–Crippen LogP) is 13.6. The number of fused-ring (bicyclic) bond motifs is 12. The van der Waals surface area contributed by atoms with Gasteiger partial charge in [-0.05, 0) is 106 Å². The Morgan fingerprint density at radius 2 is 1.74 bits per heavy atom. The zero-order chi connectivity index (χ0) is 38.3. The van der Waals surface area contributed by atoms with Crippen LogP contribution in [0.2, 0.25) is 32.2 Å². The second kappa shape index (κ2) is 14.1. The highest BCUT2D eigenvalue weighted by molar-refractivity contribution is 6.85. The fourth-order valence-corrected chi connectivity index (χ4v) is 23.1. The van der Waals surface area contributed by atoms with Crippen molar-refractivity contribution in [1.82, 2.24) is 4.57 Å². The lowest BCUT2D eigenvalue weighted by molar-refractivity contribution is -0.00472. The average molecular weight is 797 g/mol. The second-order valence-electron chi connectivity index (χ2n) is 19.9. The first kappa shape index (κ1) is 38.8. The minimum Gasteiger partial charge on any atom is -0.376 e. The first-order valence-corrected chi connectivity index (χ1v) is 28.3. The van der Waals surface area contributed by atoms with Crippen LogP contribution in [0.3, 0.4) is 0 Å². The molecule has 2 heterocycles. The van der Waals surface area contributed by atoms with E-state index in [9.17, 15) is 0 Å². The van der Waals surface area contributed by atoms with Crippen molar-refractivity contribution in [3.63, 3.8) is 0 Å². The van der Waals surface area contributed by atoms with E-state index in [0.717, 1.165) is 32.0 Å². The summed E-state index contributed by atoms with van der Waals surface area (Å²) in [4.78, 5) is -0.424. The van der Waals surface area contributed by atoms with Gasteiger partial charge in [0.05, 0.1) is 21.7 Å². The van der Waals surface area contributed by atoms with Crippen molar-refractivity contribution < 1.29 is 4.74 Å². The third-order valence-electron chi connectivity index (χ3n) is 14.5. The highest BCUT2D eigenvalue weighted by atomic mass is 35.5. The van der Waals surface area contributed by atoms with Gasteiger partial charge in [-0.25, -0.2) is 0 Å². The molecule has 0 radical (unpaired) electrons. The molecule has 4 aliphatic carbocycles. The van der Waals surface area contributed by atoms with Gasteiger partial charge in [-0.1, -0.05) is 130 Å². The summed E-state index contributed by atoms with van der Waals surface area (Å²) in [6, 6.07) is 18.3. The first-order chi connectivity index (χ1) is 25.7. The number of aromatic nitrogens is 1. The molecule has 1 fully saturated rings. The van der Waals surface area contributed by atoms with Crippen LogP contribution >= 0.6 is 23.2 Å². The van der Waals surface area contributed by atoms with Crippen LogP contribution in [0.4, 0.5) is 0 Å². The molecule has 54 heavy (non-hydrogen) atoms. The van der Waals surface area contributed by atoms with E-state index in [1.54, 1.807) is 22.4 Å². The fourth-order valence-electron chi connectivity index (χ4n) is 12.9. The number of alkyl halides is 2. The summed E-state index contributed by atoms with van der Waals surface area (Å²) in [5.74, 6) is 1.38. The molecule has 8 rings (SSSR count). The molecule has 5 aliphatic rings. The Morgan fingerprint density at radius 3 is 2.50 bits per heavy atom. The Morgan fingerprint density at radius 1 is 0.981 bits per heavy atom. The van der Waals surface area contributed by atoms with Crippen molar-refractivity contribution in [3.05, 3.63) is 113 Å². The average Bonchev–Trinajstić information content (AvgIpc) is 3.70. The van der Waals surface area contributed by atoms with Crippen molar-refractivity contribution >= 4 is 55.8 Å². The van der Waals surface area contributed by atoms with Gasteiger partial charge in [-0.15, -0.1) is 23.2 Å². The fraction of sp³-hybridized carbons (Fsp3) is 0.542. The van der Waals surface area contributed by atoms with Gasteiger partial charge in [0.25, 0.3) is 0 Å². The van der Waals surface area contributed by atoms with Gasteiger partial charge >= 0.3 is 0 Å². The molecule has 2 nitrogen and oxygen atoms in total. The van der Waals surface area contributed by atoms with Gasteiger partial charge in [0.2, 0.25) is 0 Å². The zero-order valence-electron chi connectivity index (χ0n) is 34.2. The Labute approximate surface area is 338 Å². The summed E-state index contributed by atoms with van der Waals surface area (Å²) in [6.45, 7) is 20.2. The number of rotatable bonds is 10. The maximum Gasteiger partial charge on any atom is 0.111 e. The molecule has 0 N–H and O–H groups in total. The summed E-state index contributed by atoms with van der Waals surface area (Å²) < 4.78 is 9.00. The molecule has 0 bridgehead atoms. The van der Waals surface area contributed by atoms with Gasteiger partial charge in [-0.3, -0.25) is 0 Å². The monoisotopic (exact) mass is 795 g/mol. The van der Waals surface area contributed by atoms with E-state index < -0.39 is 21.0 Å². The normalized spacial score (nSPS) is 31.1. The van der Waals surface area contributed by atoms with E-state index in [1.807, 2.05) is 0 Å². The predicted molar refractivity (Wildman–Crippen MR) is 238 cm³/mol. The van der Waals surface area contributed by atoms with E-state index in [4.69, 9.17) is 27.9 Å². The van der Waals surface area contributed by atoms with Gasteiger partial charge in [0.1, 0.15) is 4.84 Å². The molecule has 1 saturated heterocycles. The molecule has 3 aromatic rings. The Kier molecular flexibility index (Phi) is 10.1. The Bertz CT molecular complexity index is 2040. The third-order valence-corrected chi connectivity index (χ3v) is 23.3. The topological polar surface area (TPSA) is 14.2 Å². The van der Waals surface area contributed by atoms with Crippen LogP contribution in [0.15, 0.2) is 85.0 Å². The number of nitrogens with zero attached hydrogens (tertiary/aromatic N) is 1. The highest BCUT2D eigenvalue weighted by Gasteiger charge is 2.76. The van der Waals surface area contributed by atoms with Crippen LogP contribution < -0.4 is 0 Å². The summed E-state index contributed by atoms with van der Waals surface area (Å²) in [7, 11) is -4.06. The smallest absolute Gasteiger partial charge is 0.111 e. The van der Waals surface area contributed by atoms with E-state index in [0.29, 0.717) is 17.8 Å². The number of hydrogen-bond acceptors (Lipinski definition) is 1. The highest BCUT2D eigenvalue weighted by Crippen LogP contribution is 2.75. The maximum atomic E-state index is 7.44. The standard InChI is InChI=1S/C48H63Cl2NOSi2/c1-33-25-26-42-37(31-33)43-44(51(42)32-53(5,6)7)36-21-13-14-22-38(36)47(43)28-27-41(45(49)50)48(54(47,8)30-18-10-9-17-29-52-46(2,3)4)39-23-15-11-19-34(39)35-20-12-16-24-40(35)48/h11-16,19-21,23-26,31,34,38-39,41,45H,9-10,17-18,22,27-30,32H2,1-8H3. The summed E-state index contributed by atoms with van der Waals surface area (Å²) in [6.07, 6.45) is 26.5. The quantitative estimate of drug-likeness (QED) is 0.113. The molecular weight excluding hydrogens is 734 g/mol. The number of aryl methyl sites for hydroxylation is 1. The lowest BCUT2D eigenvalue weighted by Crippen LogP contribution is -2.75. The Hall–Kier alpha value is -2.09. The van der Waals surface area contributed by atoms with Crippen LogP contribution in [-0.4, -0.2) is 37.8 Å². The van der Waals surface area contributed by atoms with Crippen LogP contribution in [-0.2, 0) is 21.0 Å². The molecule has 288 valence electrons. The van der Waals surface area contributed by atoms with Gasteiger partial charge < -0.3 is 9.30 Å². The minimum atomic E-state index is -2.56. The van der Waals surface area contributed by atoms with E-state index in [2.05, 4.69) is 143 Å². The van der Waals surface area contributed by atoms with Crippen molar-refractivity contribution in [2.75, 3.05) is 6.61 Å². The molecule has 6 heteroatoms. The van der Waals surface area contributed by atoms with Gasteiger partial charge in [0.15, 0.2) is 0 Å². The molecule has 7 atom stereocenters. The number of ether oxygens (including phenoxy) is 1. The zero-order valence-corrected chi connectivity index (χ0v) is 37.7. The summed E-state index contributed by atoms with van der Waals surface area (Å²) in [5, 5.41) is 1.46. The summed E-state index contributed by atoms with van der Waals surface area (Å²) in [5.41, 5.74) is 10.7. The first-order valence-electron chi connectivity index (χ1n) is 21.0. The van der Waals surface area contributed by atoms with Crippen molar-refractivity contribution in [2.24, 2.45) is 17.8 Å². The van der Waals surface area contributed by atoms with Crippen LogP contribution in [0.25, 0.3) is 16.5 Å². The number of halogens is 2. The maximum absolute atomic E-state index is 7.44. The molecule has 2 spiro atoms. The minimum absolute atomic E-state index is 0.0428. The molecule has 0 saturated carbocycles. The van der Waals surface area contributed by atoms with Crippen LogP contribution in [0, 0.1) is 24.7 Å². The molecular formula is C48H63Cl2NOSi2. The number of benzene rings is 2. The molecule has 1 aromatic heterocycles. The van der Waals surface area contributed by atoms with Crippen LogP contribution in [0.5, 0.6) is 0 Å². The molecule has 1 aliphatic heterocycles. The van der Waals surface area contributed by atoms with Crippen molar-refractivity contribution in [2.45, 2.75) is 137 Å². The summed E-state index contributed by atoms with van der Waals surface area (Å²) >= 11 is 14.9. The third kappa shape index (κ3) is 5.85. The van der Waals surface area contributed by atoms with E-state index in [1.165, 1.54) is 53.8 Å². The van der Waals surface area contributed by atoms with E-state index >= 15 is 0 Å².